The number of hydrogen-bond donors (Lipinski definition) is 0. The van der Waals surface area contributed by atoms with Crippen LogP contribution in [0.4, 0.5) is 0 Å². The molecule has 0 aliphatic carbocycles. The number of likely N-dealkylation sites (tertiary alicyclic amines) is 1. The van der Waals surface area contributed by atoms with Gasteiger partial charge < -0.3 is 9.42 Å². The fourth-order valence-electron chi connectivity index (χ4n) is 3.74. The number of amides is 1. The molecule has 0 aromatic carbocycles. The number of aryl methyl sites for hydroxylation is 3. The van der Waals surface area contributed by atoms with Gasteiger partial charge in [0.2, 0.25) is 0 Å². The summed E-state index contributed by atoms with van der Waals surface area (Å²) in [6.45, 7) is 6.37. The van der Waals surface area contributed by atoms with Crippen molar-refractivity contribution in [3.8, 4) is 11.3 Å². The van der Waals surface area contributed by atoms with Crippen molar-refractivity contribution < 1.29 is 9.32 Å². The number of carbonyl (C=O) groups excluding carboxylic acids is 1. The van der Waals surface area contributed by atoms with Gasteiger partial charge in [0.1, 0.15) is 12.1 Å². The van der Waals surface area contributed by atoms with Crippen molar-refractivity contribution in [2.75, 3.05) is 6.54 Å². The van der Waals surface area contributed by atoms with E-state index in [1.54, 1.807) is 12.4 Å². The maximum atomic E-state index is 13.1. The van der Waals surface area contributed by atoms with Gasteiger partial charge in [0.15, 0.2) is 5.82 Å². The van der Waals surface area contributed by atoms with E-state index in [1.807, 2.05) is 31.7 Å². The fraction of sp³-hybridized carbons (Fsp3) is 0.400. The van der Waals surface area contributed by atoms with Gasteiger partial charge in [-0.05, 0) is 46.1 Å². The molecule has 1 aliphatic rings. The van der Waals surface area contributed by atoms with Crippen molar-refractivity contribution in [3.63, 3.8) is 0 Å². The largest absolute Gasteiger partial charge is 0.361 e. The molecule has 8 heteroatoms. The van der Waals surface area contributed by atoms with Crippen LogP contribution in [0.15, 0.2) is 29.3 Å². The Balaban J connectivity index is 1.73. The zero-order chi connectivity index (χ0) is 19.7. The molecule has 4 heterocycles. The fourth-order valence-corrected chi connectivity index (χ4v) is 3.74. The number of hydrogen-bond acceptors (Lipinski definition) is 7. The van der Waals surface area contributed by atoms with Gasteiger partial charge in [-0.2, -0.15) is 0 Å². The predicted octanol–water partition coefficient (Wildman–Crippen LogP) is 3.21. The number of rotatable bonds is 3. The Labute approximate surface area is 163 Å². The van der Waals surface area contributed by atoms with E-state index >= 15 is 0 Å². The Kier molecular flexibility index (Phi) is 4.85. The first-order valence-electron chi connectivity index (χ1n) is 9.39. The van der Waals surface area contributed by atoms with E-state index in [0.717, 1.165) is 47.7 Å². The van der Waals surface area contributed by atoms with Crippen LogP contribution < -0.4 is 0 Å². The van der Waals surface area contributed by atoms with Gasteiger partial charge in [-0.1, -0.05) is 5.16 Å². The highest BCUT2D eigenvalue weighted by molar-refractivity contribution is 5.93. The zero-order valence-corrected chi connectivity index (χ0v) is 16.2. The average Bonchev–Trinajstić information content (AvgIpc) is 3.06. The molecule has 1 fully saturated rings. The molecule has 1 aliphatic heterocycles. The van der Waals surface area contributed by atoms with Crippen LogP contribution in [0.2, 0.25) is 0 Å². The Hall–Kier alpha value is -3.16. The van der Waals surface area contributed by atoms with Gasteiger partial charge >= 0.3 is 0 Å². The number of nitrogens with zero attached hydrogens (tertiary/aromatic N) is 6. The summed E-state index contributed by atoms with van der Waals surface area (Å²) >= 11 is 0. The third kappa shape index (κ3) is 3.37. The van der Waals surface area contributed by atoms with E-state index in [1.165, 1.54) is 6.33 Å². The highest BCUT2D eigenvalue weighted by Gasteiger charge is 2.31. The monoisotopic (exact) mass is 378 g/mol. The predicted molar refractivity (Wildman–Crippen MR) is 101 cm³/mol. The second-order valence-corrected chi connectivity index (χ2v) is 7.09. The molecule has 3 aromatic rings. The molecule has 0 spiro atoms. The summed E-state index contributed by atoms with van der Waals surface area (Å²) in [6.07, 6.45) is 7.32. The molecule has 144 valence electrons. The van der Waals surface area contributed by atoms with Crippen molar-refractivity contribution in [2.24, 2.45) is 0 Å². The van der Waals surface area contributed by atoms with Crippen LogP contribution >= 0.6 is 0 Å². The summed E-state index contributed by atoms with van der Waals surface area (Å²) in [5.41, 5.74) is 3.78. The summed E-state index contributed by atoms with van der Waals surface area (Å²) in [7, 11) is 0. The van der Waals surface area contributed by atoms with Gasteiger partial charge in [-0.25, -0.2) is 19.9 Å². The standard InChI is InChI=1S/C20H22N6O2/c1-12-8-16(18-13(2)25-28-14(18)3)24-19(23-12)17-6-4-5-7-26(17)20(27)15-9-21-11-22-10-15/h8-11,17H,4-7H2,1-3H3/t17-/m0/s1. The first-order chi connectivity index (χ1) is 13.5. The first-order valence-corrected chi connectivity index (χ1v) is 9.39. The van der Waals surface area contributed by atoms with Crippen molar-refractivity contribution in [3.05, 3.63) is 53.3 Å². The van der Waals surface area contributed by atoms with Gasteiger partial charge in [0.05, 0.1) is 28.6 Å². The van der Waals surface area contributed by atoms with E-state index in [-0.39, 0.29) is 11.9 Å². The molecule has 1 saturated heterocycles. The van der Waals surface area contributed by atoms with Gasteiger partial charge in [0.25, 0.3) is 5.91 Å². The highest BCUT2D eigenvalue weighted by Crippen LogP contribution is 2.32. The molecule has 8 nitrogen and oxygen atoms in total. The summed E-state index contributed by atoms with van der Waals surface area (Å²) in [6, 6.07) is 1.75. The molecule has 0 radical (unpaired) electrons. The maximum absolute atomic E-state index is 13.1. The van der Waals surface area contributed by atoms with Crippen LogP contribution in [0.3, 0.4) is 0 Å². The minimum atomic E-state index is -0.180. The molecule has 0 bridgehead atoms. The molecule has 28 heavy (non-hydrogen) atoms. The van der Waals surface area contributed by atoms with Gasteiger partial charge in [0, 0.05) is 24.6 Å². The van der Waals surface area contributed by atoms with Crippen molar-refractivity contribution in [1.29, 1.82) is 0 Å². The lowest BCUT2D eigenvalue weighted by Gasteiger charge is -2.35. The Morgan fingerprint density at radius 2 is 1.93 bits per heavy atom. The van der Waals surface area contributed by atoms with Gasteiger partial charge in [-0.3, -0.25) is 4.79 Å². The number of carbonyl (C=O) groups is 1. The third-order valence-electron chi connectivity index (χ3n) is 5.03. The molecule has 1 atom stereocenters. The summed E-state index contributed by atoms with van der Waals surface area (Å²) < 4.78 is 5.30. The second-order valence-electron chi connectivity index (χ2n) is 7.09. The first kappa shape index (κ1) is 18.2. The van der Waals surface area contributed by atoms with E-state index < -0.39 is 0 Å². The highest BCUT2D eigenvalue weighted by atomic mass is 16.5. The third-order valence-corrected chi connectivity index (χ3v) is 5.03. The summed E-state index contributed by atoms with van der Waals surface area (Å²) in [5.74, 6) is 1.29. The lowest BCUT2D eigenvalue weighted by molar-refractivity contribution is 0.0598. The average molecular weight is 378 g/mol. The molecule has 0 unspecified atom stereocenters. The van der Waals surface area contributed by atoms with E-state index in [4.69, 9.17) is 9.51 Å². The van der Waals surface area contributed by atoms with Crippen LogP contribution in [0.1, 0.15) is 58.6 Å². The number of piperidine rings is 1. The molecular formula is C20H22N6O2. The smallest absolute Gasteiger partial charge is 0.257 e. The molecule has 4 rings (SSSR count). The Bertz CT molecular complexity index is 982. The number of aromatic nitrogens is 5. The quantitative estimate of drug-likeness (QED) is 0.690. The van der Waals surface area contributed by atoms with Crippen molar-refractivity contribution in [1.82, 2.24) is 30.0 Å². The summed E-state index contributed by atoms with van der Waals surface area (Å²) in [5, 5.41) is 4.03. The van der Waals surface area contributed by atoms with E-state index in [9.17, 15) is 4.79 Å². The second kappa shape index (κ2) is 7.46. The van der Waals surface area contributed by atoms with Gasteiger partial charge in [-0.15, -0.1) is 0 Å². The minimum Gasteiger partial charge on any atom is -0.361 e. The summed E-state index contributed by atoms with van der Waals surface area (Å²) in [4.78, 5) is 32.3. The lowest BCUT2D eigenvalue weighted by atomic mass is 9.99. The van der Waals surface area contributed by atoms with Crippen LogP contribution in [-0.4, -0.2) is 42.4 Å². The van der Waals surface area contributed by atoms with Crippen LogP contribution in [0, 0.1) is 20.8 Å². The minimum absolute atomic E-state index is 0.0886. The molecule has 0 saturated carbocycles. The SMILES string of the molecule is Cc1cc(-c2c(C)noc2C)nc([C@@H]2CCCCN2C(=O)c2cncnc2)n1. The van der Waals surface area contributed by atoms with Crippen molar-refractivity contribution >= 4 is 5.91 Å². The van der Waals surface area contributed by atoms with Crippen molar-refractivity contribution in [2.45, 2.75) is 46.1 Å². The maximum Gasteiger partial charge on any atom is 0.257 e. The van der Waals surface area contributed by atoms with Crippen LogP contribution in [0.25, 0.3) is 11.3 Å². The topological polar surface area (TPSA) is 97.9 Å². The molecule has 3 aromatic heterocycles. The molecular weight excluding hydrogens is 356 g/mol. The van der Waals surface area contributed by atoms with Crippen LogP contribution in [-0.2, 0) is 0 Å². The van der Waals surface area contributed by atoms with E-state index in [2.05, 4.69) is 20.1 Å². The molecule has 0 N–H and O–H groups in total. The lowest BCUT2D eigenvalue weighted by Crippen LogP contribution is -2.39. The Morgan fingerprint density at radius 1 is 1.14 bits per heavy atom. The van der Waals surface area contributed by atoms with Crippen LogP contribution in [0.5, 0.6) is 0 Å². The molecule has 1 amide bonds. The normalized spacial score (nSPS) is 17.0. The zero-order valence-electron chi connectivity index (χ0n) is 16.2. The Morgan fingerprint density at radius 3 is 2.64 bits per heavy atom. The van der Waals surface area contributed by atoms with E-state index in [0.29, 0.717) is 17.9 Å².